The van der Waals surface area contributed by atoms with Crippen molar-refractivity contribution in [3.63, 3.8) is 0 Å². The molecule has 2 aromatic rings. The summed E-state index contributed by atoms with van der Waals surface area (Å²) in [6.45, 7) is 5.93. The summed E-state index contributed by atoms with van der Waals surface area (Å²) in [6, 6.07) is 3.38. The minimum Gasteiger partial charge on any atom is -0.269 e. The smallest absolute Gasteiger partial charge is 0.258 e. The Labute approximate surface area is 98.7 Å². The number of pyridine rings is 1. The molecule has 0 fully saturated rings. The highest BCUT2D eigenvalue weighted by Crippen LogP contribution is 2.22. The van der Waals surface area contributed by atoms with Crippen LogP contribution in [0.5, 0.6) is 0 Å². The van der Waals surface area contributed by atoms with Crippen LogP contribution in [0, 0.1) is 6.92 Å². The van der Waals surface area contributed by atoms with Crippen molar-refractivity contribution < 1.29 is 0 Å². The van der Waals surface area contributed by atoms with Crippen LogP contribution in [-0.4, -0.2) is 9.38 Å². The van der Waals surface area contributed by atoms with E-state index >= 15 is 0 Å². The van der Waals surface area contributed by atoms with Crippen LogP contribution in [0.1, 0.15) is 31.0 Å². The number of hydrogen-bond acceptors (Lipinski definition) is 2. The standard InChI is InChI=1S/C12H13ClN2O/c1-7(2)10-5-9(13)6-15-11(16)4-8(3)14-12(10)15/h4-7H,1-3H3. The van der Waals surface area contributed by atoms with Crippen molar-refractivity contribution in [3.8, 4) is 0 Å². The van der Waals surface area contributed by atoms with Gasteiger partial charge in [-0.05, 0) is 24.5 Å². The molecule has 0 amide bonds. The largest absolute Gasteiger partial charge is 0.269 e. The second-order valence-electron chi connectivity index (χ2n) is 4.20. The Bertz CT molecular complexity index is 602. The summed E-state index contributed by atoms with van der Waals surface area (Å²) in [5, 5.41) is 0.559. The van der Waals surface area contributed by atoms with Crippen molar-refractivity contribution in [2.45, 2.75) is 26.7 Å². The van der Waals surface area contributed by atoms with Gasteiger partial charge in [-0.15, -0.1) is 0 Å². The predicted molar refractivity (Wildman–Crippen MR) is 65.3 cm³/mol. The lowest BCUT2D eigenvalue weighted by Gasteiger charge is -2.11. The molecule has 2 aromatic heterocycles. The summed E-state index contributed by atoms with van der Waals surface area (Å²) < 4.78 is 1.50. The van der Waals surface area contributed by atoms with Crippen LogP contribution in [0.25, 0.3) is 5.65 Å². The summed E-state index contributed by atoms with van der Waals surface area (Å²) in [5.74, 6) is 0.280. The molecule has 0 atom stereocenters. The van der Waals surface area contributed by atoms with Gasteiger partial charge in [0.25, 0.3) is 5.56 Å². The molecule has 4 heteroatoms. The quantitative estimate of drug-likeness (QED) is 0.763. The molecule has 0 aliphatic rings. The fourth-order valence-corrected chi connectivity index (χ4v) is 1.95. The lowest BCUT2D eigenvalue weighted by Crippen LogP contribution is -2.16. The van der Waals surface area contributed by atoms with E-state index in [9.17, 15) is 4.79 Å². The summed E-state index contributed by atoms with van der Waals surface area (Å²) in [4.78, 5) is 16.2. The van der Waals surface area contributed by atoms with E-state index in [-0.39, 0.29) is 11.5 Å². The van der Waals surface area contributed by atoms with Gasteiger partial charge in [0.1, 0.15) is 5.65 Å². The van der Waals surface area contributed by atoms with Gasteiger partial charge in [0, 0.05) is 18.0 Å². The van der Waals surface area contributed by atoms with Crippen LogP contribution in [0.2, 0.25) is 5.02 Å². The lowest BCUT2D eigenvalue weighted by molar-refractivity contribution is 0.851. The minimum atomic E-state index is -0.0908. The van der Waals surface area contributed by atoms with E-state index < -0.39 is 0 Å². The van der Waals surface area contributed by atoms with Crippen LogP contribution in [0.4, 0.5) is 0 Å². The zero-order valence-corrected chi connectivity index (χ0v) is 10.2. The number of nitrogens with zero attached hydrogens (tertiary/aromatic N) is 2. The van der Waals surface area contributed by atoms with Crippen LogP contribution in [0.15, 0.2) is 23.1 Å². The fraction of sp³-hybridized carbons (Fsp3) is 0.333. The maximum absolute atomic E-state index is 11.8. The van der Waals surface area contributed by atoms with E-state index in [0.29, 0.717) is 10.7 Å². The van der Waals surface area contributed by atoms with E-state index in [2.05, 4.69) is 18.8 Å². The molecule has 0 spiro atoms. The molecule has 0 aliphatic heterocycles. The van der Waals surface area contributed by atoms with Gasteiger partial charge in [-0.3, -0.25) is 9.20 Å². The molecule has 0 saturated carbocycles. The Kier molecular flexibility index (Phi) is 2.72. The van der Waals surface area contributed by atoms with Crippen molar-refractivity contribution in [1.82, 2.24) is 9.38 Å². The van der Waals surface area contributed by atoms with Crippen molar-refractivity contribution in [3.05, 3.63) is 45.0 Å². The SMILES string of the molecule is Cc1cc(=O)n2cc(Cl)cc(C(C)C)c2n1. The Morgan fingerprint density at radius 1 is 1.38 bits per heavy atom. The first-order valence-electron chi connectivity index (χ1n) is 5.18. The zero-order valence-electron chi connectivity index (χ0n) is 9.49. The Morgan fingerprint density at radius 3 is 2.69 bits per heavy atom. The fourth-order valence-electron chi connectivity index (χ4n) is 1.73. The number of hydrogen-bond donors (Lipinski definition) is 0. The Balaban J connectivity index is 2.95. The Hall–Kier alpha value is -1.35. The third-order valence-corrected chi connectivity index (χ3v) is 2.71. The monoisotopic (exact) mass is 236 g/mol. The lowest BCUT2D eigenvalue weighted by atomic mass is 10.1. The molecule has 0 radical (unpaired) electrons. The number of fused-ring (bicyclic) bond motifs is 1. The van der Waals surface area contributed by atoms with E-state index in [4.69, 9.17) is 11.6 Å². The maximum atomic E-state index is 11.8. The molecule has 16 heavy (non-hydrogen) atoms. The van der Waals surface area contributed by atoms with Crippen molar-refractivity contribution >= 4 is 17.2 Å². The van der Waals surface area contributed by atoms with Gasteiger partial charge >= 0.3 is 0 Å². The zero-order chi connectivity index (χ0) is 11.9. The molecule has 2 heterocycles. The van der Waals surface area contributed by atoms with Gasteiger partial charge in [0.2, 0.25) is 0 Å². The topological polar surface area (TPSA) is 34.4 Å². The molecule has 3 nitrogen and oxygen atoms in total. The number of rotatable bonds is 1. The van der Waals surface area contributed by atoms with E-state index in [0.717, 1.165) is 11.3 Å². The molecular formula is C12H13ClN2O. The van der Waals surface area contributed by atoms with Gasteiger partial charge in [-0.1, -0.05) is 25.4 Å². The maximum Gasteiger partial charge on any atom is 0.258 e. The first-order valence-corrected chi connectivity index (χ1v) is 5.56. The summed E-state index contributed by atoms with van der Waals surface area (Å²) in [6.07, 6.45) is 1.61. The van der Waals surface area contributed by atoms with E-state index in [1.165, 1.54) is 10.5 Å². The number of aryl methyl sites for hydroxylation is 1. The highest BCUT2D eigenvalue weighted by Gasteiger charge is 2.10. The summed E-state index contributed by atoms with van der Waals surface area (Å²) >= 11 is 5.99. The highest BCUT2D eigenvalue weighted by molar-refractivity contribution is 6.30. The molecule has 0 unspecified atom stereocenters. The van der Waals surface area contributed by atoms with Crippen molar-refractivity contribution in [2.75, 3.05) is 0 Å². The van der Waals surface area contributed by atoms with Gasteiger partial charge in [0.05, 0.1) is 5.02 Å². The third-order valence-electron chi connectivity index (χ3n) is 2.51. The first kappa shape index (κ1) is 11.1. The molecule has 0 aliphatic carbocycles. The third kappa shape index (κ3) is 1.83. The van der Waals surface area contributed by atoms with Crippen LogP contribution in [-0.2, 0) is 0 Å². The van der Waals surface area contributed by atoms with Crippen LogP contribution >= 0.6 is 11.6 Å². The number of aromatic nitrogens is 2. The van der Waals surface area contributed by atoms with Gasteiger partial charge < -0.3 is 0 Å². The number of halogens is 1. The molecule has 84 valence electrons. The normalized spacial score (nSPS) is 11.3. The molecule has 0 bridgehead atoms. The molecule has 0 aromatic carbocycles. The summed E-state index contributed by atoms with van der Waals surface area (Å²) in [5.41, 5.74) is 2.33. The second-order valence-corrected chi connectivity index (χ2v) is 4.63. The van der Waals surface area contributed by atoms with Gasteiger partial charge in [0.15, 0.2) is 0 Å². The van der Waals surface area contributed by atoms with Crippen molar-refractivity contribution in [1.29, 1.82) is 0 Å². The average molecular weight is 237 g/mol. The highest BCUT2D eigenvalue weighted by atomic mass is 35.5. The average Bonchev–Trinajstić information content (AvgIpc) is 2.18. The predicted octanol–water partition coefficient (Wildman–Crippen LogP) is 2.78. The Morgan fingerprint density at radius 2 is 2.06 bits per heavy atom. The molecule has 0 N–H and O–H groups in total. The second kappa shape index (κ2) is 3.91. The van der Waals surface area contributed by atoms with Crippen LogP contribution < -0.4 is 5.56 Å². The van der Waals surface area contributed by atoms with E-state index in [1.807, 2.05) is 13.0 Å². The van der Waals surface area contributed by atoms with Crippen LogP contribution in [0.3, 0.4) is 0 Å². The van der Waals surface area contributed by atoms with Gasteiger partial charge in [-0.2, -0.15) is 0 Å². The summed E-state index contributed by atoms with van der Waals surface area (Å²) in [7, 11) is 0. The van der Waals surface area contributed by atoms with Gasteiger partial charge in [-0.25, -0.2) is 4.98 Å². The van der Waals surface area contributed by atoms with Crippen molar-refractivity contribution in [2.24, 2.45) is 0 Å². The molecular weight excluding hydrogens is 224 g/mol. The minimum absolute atomic E-state index is 0.0908. The van der Waals surface area contributed by atoms with E-state index in [1.54, 1.807) is 6.20 Å². The first-order chi connectivity index (χ1) is 7.49. The molecule has 0 saturated heterocycles. The molecule has 2 rings (SSSR count).